The van der Waals surface area contributed by atoms with Crippen molar-refractivity contribution in [2.75, 3.05) is 32.6 Å². The van der Waals surface area contributed by atoms with Gasteiger partial charge in [-0.3, -0.25) is 4.90 Å². The Balaban J connectivity index is 1.10. The number of halogens is 2. The Kier molecular flexibility index (Phi) is 7.20. The van der Waals surface area contributed by atoms with Gasteiger partial charge in [-0.25, -0.2) is 22.0 Å². The fraction of sp³-hybridized carbons (Fsp3) is 0.731. The van der Waals surface area contributed by atoms with Crippen molar-refractivity contribution in [2.24, 2.45) is 5.92 Å². The van der Waals surface area contributed by atoms with Crippen LogP contribution in [0.4, 0.5) is 13.6 Å². The number of nitrogens with zero attached hydrogens (tertiary/aromatic N) is 2. The molecule has 2 saturated heterocycles. The van der Waals surface area contributed by atoms with Crippen molar-refractivity contribution < 1.29 is 31.5 Å². The van der Waals surface area contributed by atoms with E-state index in [1.807, 2.05) is 0 Å². The number of fused-ring (bicyclic) bond motifs is 2. The zero-order valence-electron chi connectivity index (χ0n) is 20.8. The summed E-state index contributed by atoms with van der Waals surface area (Å²) in [6.45, 7) is 1.09. The molecule has 2 atom stereocenters. The molecule has 4 fully saturated rings. The highest BCUT2D eigenvalue weighted by Crippen LogP contribution is 2.40. The summed E-state index contributed by atoms with van der Waals surface area (Å²) in [5.74, 6) is -0.250. The first kappa shape index (κ1) is 25.7. The molecule has 2 aliphatic heterocycles. The first-order chi connectivity index (χ1) is 17.2. The monoisotopic (exact) mass is 526 g/mol. The molecule has 0 aromatic heterocycles. The standard InChI is InChI=1S/C26H36F2N2O5S/c1-36(32,33)22-9-10-24(23(28)13-22)34-16-18-3-5-19(6-4-18)30-20-7-8-21(30)15-29(14-20)25(31)35-26(17-27)11-2-12-26/h9-10,13,18-21H,2-8,11-12,14-17H2,1H3. The average Bonchev–Trinajstić information content (AvgIpc) is 3.09. The van der Waals surface area contributed by atoms with Gasteiger partial charge in [-0.1, -0.05) is 0 Å². The number of carbonyl (C=O) groups excluding carboxylic acids is 1. The number of carbonyl (C=O) groups is 1. The van der Waals surface area contributed by atoms with Gasteiger partial charge in [-0.15, -0.1) is 0 Å². The predicted octanol–water partition coefficient (Wildman–Crippen LogP) is 4.34. The van der Waals surface area contributed by atoms with E-state index in [0.717, 1.165) is 57.3 Å². The van der Waals surface area contributed by atoms with E-state index in [-0.39, 0.29) is 16.7 Å². The van der Waals surface area contributed by atoms with E-state index in [0.29, 0.717) is 56.6 Å². The summed E-state index contributed by atoms with van der Waals surface area (Å²) in [4.78, 5) is 17.1. The molecular formula is C26H36F2N2O5S. The van der Waals surface area contributed by atoms with E-state index in [4.69, 9.17) is 9.47 Å². The molecule has 2 saturated carbocycles. The van der Waals surface area contributed by atoms with E-state index in [1.165, 1.54) is 12.1 Å². The second kappa shape index (κ2) is 10.1. The van der Waals surface area contributed by atoms with Crippen molar-refractivity contribution in [3.05, 3.63) is 24.0 Å². The fourth-order valence-electron chi connectivity index (χ4n) is 6.41. The summed E-state index contributed by atoms with van der Waals surface area (Å²) < 4.78 is 62.2. The lowest BCUT2D eigenvalue weighted by Gasteiger charge is -2.47. The van der Waals surface area contributed by atoms with E-state index in [9.17, 15) is 22.0 Å². The molecule has 10 heteroatoms. The van der Waals surface area contributed by atoms with Crippen molar-refractivity contribution >= 4 is 15.9 Å². The van der Waals surface area contributed by atoms with Crippen LogP contribution in [0.2, 0.25) is 0 Å². The molecule has 1 aromatic carbocycles. The SMILES string of the molecule is CS(=O)(=O)c1ccc(OCC2CCC(N3C4CCC3CN(C(=O)OC3(CF)CCC3)C4)CC2)c(F)c1. The average molecular weight is 527 g/mol. The van der Waals surface area contributed by atoms with Gasteiger partial charge in [0, 0.05) is 37.5 Å². The maximum Gasteiger partial charge on any atom is 0.410 e. The van der Waals surface area contributed by atoms with Gasteiger partial charge in [0.25, 0.3) is 0 Å². The zero-order valence-corrected chi connectivity index (χ0v) is 21.7. The molecule has 1 aromatic rings. The first-order valence-electron chi connectivity index (χ1n) is 13.1. The minimum atomic E-state index is -3.46. The molecular weight excluding hydrogens is 490 g/mol. The maximum absolute atomic E-state index is 14.3. The molecule has 1 amide bonds. The molecule has 2 heterocycles. The fourth-order valence-corrected chi connectivity index (χ4v) is 7.04. The van der Waals surface area contributed by atoms with E-state index in [2.05, 4.69) is 4.90 Å². The van der Waals surface area contributed by atoms with Crippen LogP contribution < -0.4 is 4.74 Å². The minimum Gasteiger partial charge on any atom is -0.490 e. The van der Waals surface area contributed by atoms with Gasteiger partial charge in [-0.2, -0.15) is 0 Å². The smallest absolute Gasteiger partial charge is 0.410 e. The molecule has 0 spiro atoms. The van der Waals surface area contributed by atoms with Crippen LogP contribution in [0.15, 0.2) is 23.1 Å². The Hall–Kier alpha value is -1.94. The third-order valence-corrected chi connectivity index (χ3v) is 9.76. The van der Waals surface area contributed by atoms with Crippen molar-refractivity contribution in [1.82, 2.24) is 9.80 Å². The normalized spacial score (nSPS) is 30.0. The van der Waals surface area contributed by atoms with Gasteiger partial charge in [0.1, 0.15) is 12.3 Å². The second-order valence-electron chi connectivity index (χ2n) is 11.1. The molecule has 4 aliphatic rings. The Labute approximate surface area is 212 Å². The Morgan fingerprint density at radius 1 is 1.06 bits per heavy atom. The number of sulfone groups is 1. The van der Waals surface area contributed by atoms with Gasteiger partial charge >= 0.3 is 6.09 Å². The number of amides is 1. The minimum absolute atomic E-state index is 0.0548. The van der Waals surface area contributed by atoms with Crippen LogP contribution in [0.3, 0.4) is 0 Å². The number of ether oxygens (including phenoxy) is 2. The van der Waals surface area contributed by atoms with Crippen LogP contribution in [0.1, 0.15) is 57.8 Å². The molecule has 36 heavy (non-hydrogen) atoms. The van der Waals surface area contributed by atoms with Gasteiger partial charge in [0.2, 0.25) is 0 Å². The summed E-state index contributed by atoms with van der Waals surface area (Å²) in [5, 5.41) is 0. The lowest BCUT2D eigenvalue weighted by molar-refractivity contribution is -0.0834. The molecule has 0 radical (unpaired) electrons. The number of alkyl halides is 1. The van der Waals surface area contributed by atoms with Crippen LogP contribution in [0, 0.1) is 11.7 Å². The summed E-state index contributed by atoms with van der Waals surface area (Å²) in [7, 11) is -3.46. The van der Waals surface area contributed by atoms with Crippen LogP contribution in [0.25, 0.3) is 0 Å². The summed E-state index contributed by atoms with van der Waals surface area (Å²) in [6.07, 6.45) is 9.00. The van der Waals surface area contributed by atoms with Gasteiger partial charge in [0.05, 0.1) is 11.5 Å². The van der Waals surface area contributed by atoms with Crippen LogP contribution in [-0.4, -0.2) is 80.7 Å². The van der Waals surface area contributed by atoms with Crippen molar-refractivity contribution in [3.63, 3.8) is 0 Å². The van der Waals surface area contributed by atoms with Gasteiger partial charge < -0.3 is 14.4 Å². The molecule has 2 bridgehead atoms. The Morgan fingerprint density at radius 3 is 2.22 bits per heavy atom. The molecule has 200 valence electrons. The van der Waals surface area contributed by atoms with Gasteiger partial charge in [0.15, 0.2) is 21.4 Å². The quantitative estimate of drug-likeness (QED) is 0.526. The van der Waals surface area contributed by atoms with E-state index in [1.54, 1.807) is 4.90 Å². The third kappa shape index (κ3) is 5.21. The number of piperazine rings is 1. The summed E-state index contributed by atoms with van der Waals surface area (Å²) in [6, 6.07) is 4.88. The maximum atomic E-state index is 14.3. The van der Waals surface area contributed by atoms with Crippen molar-refractivity contribution in [2.45, 2.75) is 86.4 Å². The van der Waals surface area contributed by atoms with E-state index >= 15 is 0 Å². The number of benzene rings is 1. The molecule has 2 unspecified atom stereocenters. The van der Waals surface area contributed by atoms with Crippen LogP contribution in [0.5, 0.6) is 5.75 Å². The number of rotatable bonds is 7. The van der Waals surface area contributed by atoms with Crippen LogP contribution >= 0.6 is 0 Å². The highest BCUT2D eigenvalue weighted by molar-refractivity contribution is 7.90. The third-order valence-electron chi connectivity index (χ3n) is 8.65. The predicted molar refractivity (Wildman–Crippen MR) is 130 cm³/mol. The highest BCUT2D eigenvalue weighted by Gasteiger charge is 2.47. The molecule has 0 N–H and O–H groups in total. The Morgan fingerprint density at radius 2 is 1.69 bits per heavy atom. The number of likely N-dealkylation sites (tertiary alicyclic amines) is 1. The topological polar surface area (TPSA) is 76.2 Å². The highest BCUT2D eigenvalue weighted by atomic mass is 32.2. The second-order valence-corrected chi connectivity index (χ2v) is 13.1. The number of hydrogen-bond acceptors (Lipinski definition) is 6. The van der Waals surface area contributed by atoms with Gasteiger partial charge in [-0.05, 0) is 81.9 Å². The molecule has 7 nitrogen and oxygen atoms in total. The number of hydrogen-bond donors (Lipinski definition) is 0. The zero-order chi connectivity index (χ0) is 25.5. The summed E-state index contributed by atoms with van der Waals surface area (Å²) in [5.41, 5.74) is -0.883. The lowest BCUT2D eigenvalue weighted by Crippen LogP contribution is -2.60. The largest absolute Gasteiger partial charge is 0.490 e. The molecule has 2 aliphatic carbocycles. The van der Waals surface area contributed by atoms with Crippen molar-refractivity contribution in [1.29, 1.82) is 0 Å². The molecule has 5 rings (SSSR count). The summed E-state index contributed by atoms with van der Waals surface area (Å²) >= 11 is 0. The first-order valence-corrected chi connectivity index (χ1v) is 15.0. The van der Waals surface area contributed by atoms with E-state index < -0.39 is 27.9 Å². The van der Waals surface area contributed by atoms with Crippen LogP contribution in [-0.2, 0) is 14.6 Å². The Bertz CT molecular complexity index is 1050. The lowest BCUT2D eigenvalue weighted by atomic mass is 9.81. The van der Waals surface area contributed by atoms with Crippen molar-refractivity contribution in [3.8, 4) is 5.75 Å².